The lowest BCUT2D eigenvalue weighted by Gasteiger charge is -2.14. The SMILES string of the molecule is O=C(CN1CCCC1)Nc1cccc(-c2ccccc2)c1. The van der Waals surface area contributed by atoms with Gasteiger partial charge in [0, 0.05) is 5.69 Å². The van der Waals surface area contributed by atoms with Crippen LogP contribution in [0.5, 0.6) is 0 Å². The Labute approximate surface area is 125 Å². The molecule has 0 atom stereocenters. The van der Waals surface area contributed by atoms with Crippen molar-refractivity contribution < 1.29 is 4.79 Å². The molecule has 1 aliphatic heterocycles. The summed E-state index contributed by atoms with van der Waals surface area (Å²) < 4.78 is 0. The number of carbonyl (C=O) groups excluding carboxylic acids is 1. The van der Waals surface area contributed by atoms with E-state index in [1.165, 1.54) is 12.8 Å². The van der Waals surface area contributed by atoms with Crippen LogP contribution in [0.2, 0.25) is 0 Å². The molecule has 2 aromatic rings. The lowest BCUT2D eigenvalue weighted by atomic mass is 10.1. The van der Waals surface area contributed by atoms with Crippen LogP contribution in [-0.2, 0) is 4.79 Å². The number of anilines is 1. The third-order valence-corrected chi connectivity index (χ3v) is 3.82. The average Bonchev–Trinajstić information content (AvgIpc) is 3.01. The van der Waals surface area contributed by atoms with E-state index in [-0.39, 0.29) is 5.91 Å². The Morgan fingerprint density at radius 2 is 1.67 bits per heavy atom. The summed E-state index contributed by atoms with van der Waals surface area (Å²) in [5.74, 6) is 0.0714. The number of amides is 1. The highest BCUT2D eigenvalue weighted by Crippen LogP contribution is 2.22. The zero-order valence-corrected chi connectivity index (χ0v) is 12.1. The van der Waals surface area contributed by atoms with E-state index in [9.17, 15) is 4.79 Å². The highest BCUT2D eigenvalue weighted by molar-refractivity contribution is 5.93. The number of nitrogens with zero attached hydrogens (tertiary/aromatic N) is 1. The van der Waals surface area contributed by atoms with Crippen LogP contribution < -0.4 is 5.32 Å². The molecule has 0 unspecified atom stereocenters. The maximum Gasteiger partial charge on any atom is 0.238 e. The molecule has 0 spiro atoms. The molecule has 0 bridgehead atoms. The van der Waals surface area contributed by atoms with E-state index in [2.05, 4.69) is 28.4 Å². The van der Waals surface area contributed by atoms with Gasteiger partial charge in [0.05, 0.1) is 6.54 Å². The lowest BCUT2D eigenvalue weighted by molar-refractivity contribution is -0.117. The van der Waals surface area contributed by atoms with Gasteiger partial charge < -0.3 is 5.32 Å². The van der Waals surface area contributed by atoms with Crippen molar-refractivity contribution in [3.8, 4) is 11.1 Å². The van der Waals surface area contributed by atoms with Gasteiger partial charge in [-0.3, -0.25) is 9.69 Å². The second-order valence-corrected chi connectivity index (χ2v) is 5.48. The summed E-state index contributed by atoms with van der Waals surface area (Å²) in [6.45, 7) is 2.57. The summed E-state index contributed by atoms with van der Waals surface area (Å²) >= 11 is 0. The highest BCUT2D eigenvalue weighted by Gasteiger charge is 2.15. The third-order valence-electron chi connectivity index (χ3n) is 3.82. The predicted molar refractivity (Wildman–Crippen MR) is 86.2 cm³/mol. The molecule has 0 aromatic heterocycles. The molecular weight excluding hydrogens is 260 g/mol. The summed E-state index contributed by atoms with van der Waals surface area (Å²) in [6.07, 6.45) is 2.41. The van der Waals surface area contributed by atoms with Gasteiger partial charge in [0.1, 0.15) is 0 Å². The van der Waals surface area contributed by atoms with Crippen LogP contribution in [0.4, 0.5) is 5.69 Å². The Morgan fingerprint density at radius 1 is 0.952 bits per heavy atom. The molecule has 21 heavy (non-hydrogen) atoms. The molecule has 1 fully saturated rings. The van der Waals surface area contributed by atoms with Crippen molar-refractivity contribution >= 4 is 11.6 Å². The molecule has 3 heteroatoms. The van der Waals surface area contributed by atoms with Crippen LogP contribution in [0.25, 0.3) is 11.1 Å². The quantitative estimate of drug-likeness (QED) is 0.931. The topological polar surface area (TPSA) is 32.3 Å². The van der Waals surface area contributed by atoms with E-state index in [0.29, 0.717) is 6.54 Å². The maximum absolute atomic E-state index is 12.1. The van der Waals surface area contributed by atoms with Crippen molar-refractivity contribution in [2.24, 2.45) is 0 Å². The molecule has 1 amide bonds. The molecule has 3 rings (SSSR count). The van der Waals surface area contributed by atoms with E-state index in [4.69, 9.17) is 0 Å². The molecule has 1 saturated heterocycles. The zero-order chi connectivity index (χ0) is 14.5. The fourth-order valence-corrected chi connectivity index (χ4v) is 2.75. The molecule has 0 saturated carbocycles. The summed E-state index contributed by atoms with van der Waals surface area (Å²) in [7, 11) is 0. The first kappa shape index (κ1) is 13.8. The van der Waals surface area contributed by atoms with Crippen LogP contribution in [0.3, 0.4) is 0 Å². The van der Waals surface area contributed by atoms with Crippen molar-refractivity contribution in [3.05, 3.63) is 54.6 Å². The van der Waals surface area contributed by atoms with E-state index < -0.39 is 0 Å². The van der Waals surface area contributed by atoms with Crippen molar-refractivity contribution in [2.75, 3.05) is 25.0 Å². The molecule has 1 heterocycles. The molecular formula is C18H20N2O. The molecule has 3 nitrogen and oxygen atoms in total. The predicted octanol–water partition coefficient (Wildman–Crippen LogP) is 3.39. The Morgan fingerprint density at radius 3 is 2.43 bits per heavy atom. The Hall–Kier alpha value is -2.13. The molecule has 108 valence electrons. The van der Waals surface area contributed by atoms with E-state index >= 15 is 0 Å². The summed E-state index contributed by atoms with van der Waals surface area (Å²) in [6, 6.07) is 18.2. The fraction of sp³-hybridized carbons (Fsp3) is 0.278. The lowest BCUT2D eigenvalue weighted by Crippen LogP contribution is -2.30. The van der Waals surface area contributed by atoms with Crippen LogP contribution in [0, 0.1) is 0 Å². The van der Waals surface area contributed by atoms with Gasteiger partial charge >= 0.3 is 0 Å². The Balaban J connectivity index is 1.67. The standard InChI is InChI=1S/C18H20N2O/c21-18(14-20-11-4-5-12-20)19-17-10-6-9-16(13-17)15-7-2-1-3-8-15/h1-3,6-10,13H,4-5,11-12,14H2,(H,19,21). The number of likely N-dealkylation sites (tertiary alicyclic amines) is 1. The van der Waals surface area contributed by atoms with Crippen molar-refractivity contribution in [1.82, 2.24) is 4.90 Å². The van der Waals surface area contributed by atoms with E-state index in [1.807, 2.05) is 36.4 Å². The second kappa shape index (κ2) is 6.55. The van der Waals surface area contributed by atoms with Gasteiger partial charge in [0.2, 0.25) is 5.91 Å². The van der Waals surface area contributed by atoms with Crippen molar-refractivity contribution in [2.45, 2.75) is 12.8 Å². The highest BCUT2D eigenvalue weighted by atomic mass is 16.2. The summed E-state index contributed by atoms with van der Waals surface area (Å²) in [5.41, 5.74) is 3.14. The molecule has 0 aliphatic carbocycles. The largest absolute Gasteiger partial charge is 0.325 e. The summed E-state index contributed by atoms with van der Waals surface area (Å²) in [4.78, 5) is 14.3. The average molecular weight is 280 g/mol. The molecule has 0 radical (unpaired) electrons. The number of hydrogen-bond acceptors (Lipinski definition) is 2. The van der Waals surface area contributed by atoms with Crippen LogP contribution in [-0.4, -0.2) is 30.4 Å². The maximum atomic E-state index is 12.1. The number of nitrogens with one attached hydrogen (secondary N) is 1. The van der Waals surface area contributed by atoms with Crippen LogP contribution in [0.15, 0.2) is 54.6 Å². The summed E-state index contributed by atoms with van der Waals surface area (Å²) in [5, 5.41) is 3.00. The van der Waals surface area contributed by atoms with Gasteiger partial charge in [-0.2, -0.15) is 0 Å². The second-order valence-electron chi connectivity index (χ2n) is 5.48. The van der Waals surface area contributed by atoms with Gasteiger partial charge in [-0.25, -0.2) is 0 Å². The van der Waals surface area contributed by atoms with E-state index in [1.54, 1.807) is 0 Å². The normalized spacial score (nSPS) is 15.0. The van der Waals surface area contributed by atoms with Crippen molar-refractivity contribution in [3.63, 3.8) is 0 Å². The van der Waals surface area contributed by atoms with Crippen LogP contribution in [0.1, 0.15) is 12.8 Å². The molecule has 1 N–H and O–H groups in total. The number of rotatable bonds is 4. The minimum absolute atomic E-state index is 0.0714. The van der Waals surface area contributed by atoms with Gasteiger partial charge in [0.15, 0.2) is 0 Å². The molecule has 2 aromatic carbocycles. The number of benzene rings is 2. The van der Waals surface area contributed by atoms with Crippen LogP contribution >= 0.6 is 0 Å². The first-order chi connectivity index (χ1) is 10.3. The van der Waals surface area contributed by atoms with Gasteiger partial charge in [-0.1, -0.05) is 42.5 Å². The number of carbonyl (C=O) groups is 1. The zero-order valence-electron chi connectivity index (χ0n) is 12.1. The minimum atomic E-state index is 0.0714. The fourth-order valence-electron chi connectivity index (χ4n) is 2.75. The number of hydrogen-bond donors (Lipinski definition) is 1. The monoisotopic (exact) mass is 280 g/mol. The smallest absolute Gasteiger partial charge is 0.238 e. The first-order valence-corrected chi connectivity index (χ1v) is 7.49. The Bertz CT molecular complexity index is 604. The van der Waals surface area contributed by atoms with Gasteiger partial charge in [0.25, 0.3) is 0 Å². The van der Waals surface area contributed by atoms with Crippen molar-refractivity contribution in [1.29, 1.82) is 0 Å². The Kier molecular flexibility index (Phi) is 4.31. The third kappa shape index (κ3) is 3.70. The van der Waals surface area contributed by atoms with Gasteiger partial charge in [-0.15, -0.1) is 0 Å². The molecule has 1 aliphatic rings. The first-order valence-electron chi connectivity index (χ1n) is 7.49. The van der Waals surface area contributed by atoms with E-state index in [0.717, 1.165) is 29.9 Å². The van der Waals surface area contributed by atoms with Gasteiger partial charge in [-0.05, 0) is 49.2 Å². The minimum Gasteiger partial charge on any atom is -0.325 e.